The van der Waals surface area contributed by atoms with Gasteiger partial charge in [-0.15, -0.1) is 0 Å². The molecule has 0 amide bonds. The molecule has 2 N–H and O–H groups in total. The number of aliphatic hydroxyl groups excluding tert-OH is 2. The molecule has 0 radical (unpaired) electrons. The van der Waals surface area contributed by atoms with Crippen LogP contribution in [0.1, 0.15) is 79.1 Å². The van der Waals surface area contributed by atoms with Gasteiger partial charge in [-0.05, 0) is 24.7 Å². The van der Waals surface area contributed by atoms with Crippen molar-refractivity contribution in [2.75, 3.05) is 39.5 Å². The Bertz CT molecular complexity index is 353. The molecule has 0 aromatic carbocycles. The molecule has 0 heterocycles. The van der Waals surface area contributed by atoms with Gasteiger partial charge in [-0.3, -0.25) is 9.05 Å². The smallest absolute Gasteiger partial charge is 0.395 e. The number of aliphatic hydroxyl groups is 2. The molecular formula is C20H44NO5P. The fourth-order valence-corrected chi connectivity index (χ4v) is 4.85. The van der Waals surface area contributed by atoms with E-state index in [1.54, 1.807) is 0 Å². The van der Waals surface area contributed by atoms with Gasteiger partial charge in [0, 0.05) is 13.1 Å². The molecule has 0 spiro atoms. The van der Waals surface area contributed by atoms with Crippen LogP contribution in [0, 0.1) is 11.8 Å². The van der Waals surface area contributed by atoms with Gasteiger partial charge in [0.2, 0.25) is 0 Å². The standard InChI is InChI=1S/C20H44NO5P/c1-5-9-11-19(7-3)17-25-27(24,21(13-15-22)14-16-23)26-18-20(8-4)12-10-6-2/h19-20,22-23H,5-18H2,1-4H3. The first-order chi connectivity index (χ1) is 13.0. The van der Waals surface area contributed by atoms with E-state index in [9.17, 15) is 14.8 Å². The highest BCUT2D eigenvalue weighted by Gasteiger charge is 2.34. The highest BCUT2D eigenvalue weighted by atomic mass is 31.2. The van der Waals surface area contributed by atoms with Crippen LogP contribution in [0.15, 0.2) is 0 Å². The number of nitrogens with zero attached hydrogens (tertiary/aromatic N) is 1. The largest absolute Gasteiger partial charge is 0.408 e. The van der Waals surface area contributed by atoms with Crippen LogP contribution >= 0.6 is 7.75 Å². The highest BCUT2D eigenvalue weighted by Crippen LogP contribution is 2.52. The molecule has 0 aromatic rings. The third-order valence-electron chi connectivity index (χ3n) is 5.10. The molecule has 2 atom stereocenters. The van der Waals surface area contributed by atoms with E-state index in [1.807, 2.05) is 0 Å². The predicted molar refractivity (Wildman–Crippen MR) is 112 cm³/mol. The molecule has 0 bridgehead atoms. The first-order valence-electron chi connectivity index (χ1n) is 10.9. The molecule has 0 aromatic heterocycles. The topological polar surface area (TPSA) is 79.2 Å². The predicted octanol–water partition coefficient (Wildman–Crippen LogP) is 4.85. The molecule has 7 heteroatoms. The molecule has 2 unspecified atom stereocenters. The minimum Gasteiger partial charge on any atom is -0.395 e. The van der Waals surface area contributed by atoms with Gasteiger partial charge in [0.1, 0.15) is 0 Å². The summed E-state index contributed by atoms with van der Waals surface area (Å²) in [6, 6.07) is 0. The molecule has 0 rings (SSSR count). The Labute approximate surface area is 167 Å². The van der Waals surface area contributed by atoms with Gasteiger partial charge >= 0.3 is 7.75 Å². The van der Waals surface area contributed by atoms with Gasteiger partial charge in [-0.2, -0.15) is 0 Å². The average molecular weight is 410 g/mol. The summed E-state index contributed by atoms with van der Waals surface area (Å²) in [4.78, 5) is 0. The van der Waals surface area contributed by atoms with Crippen molar-refractivity contribution >= 4 is 7.75 Å². The summed E-state index contributed by atoms with van der Waals surface area (Å²) in [5.74, 6) is 0.683. The third kappa shape index (κ3) is 11.6. The highest BCUT2D eigenvalue weighted by molar-refractivity contribution is 7.51. The van der Waals surface area contributed by atoms with Gasteiger partial charge in [0.25, 0.3) is 0 Å². The molecule has 0 aliphatic heterocycles. The first kappa shape index (κ1) is 27.0. The summed E-state index contributed by atoms with van der Waals surface area (Å²) in [5, 5.41) is 18.7. The zero-order valence-corrected chi connectivity index (χ0v) is 19.0. The lowest BCUT2D eigenvalue weighted by Crippen LogP contribution is -2.30. The molecular weight excluding hydrogens is 365 g/mol. The van der Waals surface area contributed by atoms with Crippen molar-refractivity contribution < 1.29 is 23.8 Å². The van der Waals surface area contributed by atoms with Crippen molar-refractivity contribution in [3.63, 3.8) is 0 Å². The first-order valence-corrected chi connectivity index (χ1v) is 12.4. The van der Waals surface area contributed by atoms with Crippen molar-refractivity contribution in [3.8, 4) is 0 Å². The molecule has 0 aliphatic carbocycles. The van der Waals surface area contributed by atoms with Gasteiger partial charge < -0.3 is 10.2 Å². The van der Waals surface area contributed by atoms with Gasteiger partial charge in [0.15, 0.2) is 0 Å². The van der Waals surface area contributed by atoms with Crippen LogP contribution in [0.5, 0.6) is 0 Å². The van der Waals surface area contributed by atoms with E-state index in [0.29, 0.717) is 25.0 Å². The Kier molecular flexibility index (Phi) is 17.0. The van der Waals surface area contributed by atoms with Crippen molar-refractivity contribution in [2.45, 2.75) is 79.1 Å². The maximum Gasteiger partial charge on any atom is 0.408 e. The Hall–Kier alpha value is 0.0300. The maximum absolute atomic E-state index is 13.5. The van der Waals surface area contributed by atoms with Gasteiger partial charge in [-0.1, -0.05) is 66.2 Å². The van der Waals surface area contributed by atoms with Crippen molar-refractivity contribution in [2.24, 2.45) is 11.8 Å². The van der Waals surface area contributed by atoms with Crippen LogP contribution in [0.4, 0.5) is 0 Å². The minimum atomic E-state index is -3.55. The molecule has 27 heavy (non-hydrogen) atoms. The van der Waals surface area contributed by atoms with Crippen LogP contribution in [-0.2, 0) is 13.6 Å². The van der Waals surface area contributed by atoms with E-state index in [0.717, 1.165) is 51.4 Å². The van der Waals surface area contributed by atoms with E-state index in [1.165, 1.54) is 4.67 Å². The molecule has 0 saturated heterocycles. The molecule has 0 saturated carbocycles. The monoisotopic (exact) mass is 409 g/mol. The molecule has 164 valence electrons. The normalized spacial score (nSPS) is 16.4. The fraction of sp³-hybridized carbons (Fsp3) is 1.00. The van der Waals surface area contributed by atoms with Crippen molar-refractivity contribution in [1.82, 2.24) is 4.67 Å². The number of hydrogen-bond donors (Lipinski definition) is 2. The molecule has 6 nitrogen and oxygen atoms in total. The lowest BCUT2D eigenvalue weighted by atomic mass is 10.0. The summed E-state index contributed by atoms with van der Waals surface area (Å²) < 4.78 is 26.8. The number of unbranched alkanes of at least 4 members (excludes halogenated alkanes) is 2. The molecule has 0 aliphatic rings. The second kappa shape index (κ2) is 16.9. The zero-order valence-electron chi connectivity index (χ0n) is 18.1. The summed E-state index contributed by atoms with van der Waals surface area (Å²) in [6.07, 6.45) is 8.52. The summed E-state index contributed by atoms with van der Waals surface area (Å²) in [6.45, 7) is 9.33. The Morgan fingerprint density at radius 2 is 1.22 bits per heavy atom. The van der Waals surface area contributed by atoms with Crippen LogP contribution in [-0.4, -0.2) is 54.4 Å². The second-order valence-corrected chi connectivity index (χ2v) is 9.31. The SMILES string of the molecule is CCCCC(CC)COP(=O)(OCC(CC)CCCC)N(CCO)CCO. The fourth-order valence-electron chi connectivity index (χ4n) is 2.98. The summed E-state index contributed by atoms with van der Waals surface area (Å²) in [5.41, 5.74) is 0. The van der Waals surface area contributed by atoms with Crippen LogP contribution < -0.4 is 0 Å². The lowest BCUT2D eigenvalue weighted by Gasteiger charge is -2.31. The number of hydrogen-bond acceptors (Lipinski definition) is 5. The summed E-state index contributed by atoms with van der Waals surface area (Å²) >= 11 is 0. The van der Waals surface area contributed by atoms with E-state index in [-0.39, 0.29) is 26.3 Å². The Morgan fingerprint density at radius 1 is 0.815 bits per heavy atom. The van der Waals surface area contributed by atoms with E-state index >= 15 is 0 Å². The lowest BCUT2D eigenvalue weighted by molar-refractivity contribution is 0.104. The van der Waals surface area contributed by atoms with E-state index in [2.05, 4.69) is 27.7 Å². The van der Waals surface area contributed by atoms with Gasteiger partial charge in [-0.25, -0.2) is 9.24 Å². The average Bonchev–Trinajstić information content (AvgIpc) is 2.68. The quantitative estimate of drug-likeness (QED) is 0.297. The molecule has 0 fully saturated rings. The number of rotatable bonds is 19. The van der Waals surface area contributed by atoms with Crippen molar-refractivity contribution in [1.29, 1.82) is 0 Å². The van der Waals surface area contributed by atoms with Crippen LogP contribution in [0.3, 0.4) is 0 Å². The van der Waals surface area contributed by atoms with Crippen molar-refractivity contribution in [3.05, 3.63) is 0 Å². The van der Waals surface area contributed by atoms with Crippen LogP contribution in [0.25, 0.3) is 0 Å². The second-order valence-electron chi connectivity index (χ2n) is 7.29. The van der Waals surface area contributed by atoms with E-state index < -0.39 is 7.75 Å². The minimum absolute atomic E-state index is 0.156. The maximum atomic E-state index is 13.5. The van der Waals surface area contributed by atoms with Gasteiger partial charge in [0.05, 0.1) is 26.4 Å². The third-order valence-corrected chi connectivity index (χ3v) is 7.14. The zero-order chi connectivity index (χ0) is 20.5. The van der Waals surface area contributed by atoms with E-state index in [4.69, 9.17) is 9.05 Å². The summed E-state index contributed by atoms with van der Waals surface area (Å²) in [7, 11) is -3.55. The Balaban J connectivity index is 5.08. The Morgan fingerprint density at radius 3 is 1.52 bits per heavy atom. The van der Waals surface area contributed by atoms with Crippen LogP contribution in [0.2, 0.25) is 0 Å².